The van der Waals surface area contributed by atoms with Gasteiger partial charge in [0, 0.05) is 25.2 Å². The van der Waals surface area contributed by atoms with Crippen LogP contribution in [-0.4, -0.2) is 25.0 Å². The second-order valence-electron chi connectivity index (χ2n) is 5.83. The maximum absolute atomic E-state index is 11.5. The molecule has 0 heterocycles. The second kappa shape index (κ2) is 7.94. The minimum Gasteiger partial charge on any atom is -0.469 e. The van der Waals surface area contributed by atoms with E-state index in [1.807, 2.05) is 24.3 Å². The molecule has 2 rings (SSSR count). The van der Waals surface area contributed by atoms with Crippen molar-refractivity contribution in [2.75, 3.05) is 12.4 Å². The summed E-state index contributed by atoms with van der Waals surface area (Å²) in [6.45, 7) is 2.30. The van der Waals surface area contributed by atoms with Crippen molar-refractivity contribution in [1.82, 2.24) is 5.32 Å². The molecule has 2 N–H and O–H groups in total. The predicted octanol–water partition coefficient (Wildman–Crippen LogP) is 2.47. The maximum Gasteiger partial charge on any atom is 0.308 e. The van der Waals surface area contributed by atoms with E-state index in [-0.39, 0.29) is 17.8 Å². The van der Waals surface area contributed by atoms with Crippen molar-refractivity contribution in [2.24, 2.45) is 5.92 Å². The summed E-state index contributed by atoms with van der Waals surface area (Å²) in [7, 11) is 1.46. The van der Waals surface area contributed by atoms with E-state index in [2.05, 4.69) is 10.6 Å². The van der Waals surface area contributed by atoms with Crippen LogP contribution in [0.1, 0.15) is 38.2 Å². The van der Waals surface area contributed by atoms with Crippen LogP contribution in [0.5, 0.6) is 0 Å². The van der Waals surface area contributed by atoms with Gasteiger partial charge < -0.3 is 15.4 Å². The molecule has 0 atom stereocenters. The van der Waals surface area contributed by atoms with E-state index < -0.39 is 0 Å². The predicted molar refractivity (Wildman–Crippen MR) is 85.3 cm³/mol. The van der Waals surface area contributed by atoms with Gasteiger partial charge in [-0.1, -0.05) is 12.1 Å². The van der Waals surface area contributed by atoms with Gasteiger partial charge in [-0.05, 0) is 43.4 Å². The Morgan fingerprint density at radius 3 is 2.32 bits per heavy atom. The van der Waals surface area contributed by atoms with Crippen LogP contribution < -0.4 is 10.6 Å². The fourth-order valence-electron chi connectivity index (χ4n) is 2.87. The summed E-state index contributed by atoms with van der Waals surface area (Å²) in [5.41, 5.74) is 2.00. The van der Waals surface area contributed by atoms with Gasteiger partial charge in [-0.15, -0.1) is 0 Å². The molecule has 0 radical (unpaired) electrons. The van der Waals surface area contributed by atoms with Crippen molar-refractivity contribution in [3.05, 3.63) is 29.8 Å². The summed E-state index contributed by atoms with van der Waals surface area (Å²) in [6.07, 6.45) is 3.80. The Balaban J connectivity index is 1.75. The van der Waals surface area contributed by atoms with Gasteiger partial charge in [0.1, 0.15) is 0 Å². The number of carbonyl (C=O) groups is 2. The zero-order valence-corrected chi connectivity index (χ0v) is 13.2. The van der Waals surface area contributed by atoms with Crippen molar-refractivity contribution >= 4 is 17.6 Å². The lowest BCUT2D eigenvalue weighted by Crippen LogP contribution is -2.34. The van der Waals surface area contributed by atoms with Gasteiger partial charge in [-0.25, -0.2) is 0 Å². The van der Waals surface area contributed by atoms with Crippen LogP contribution >= 0.6 is 0 Å². The van der Waals surface area contributed by atoms with E-state index in [4.69, 9.17) is 4.74 Å². The normalized spacial score (nSPS) is 21.2. The van der Waals surface area contributed by atoms with Gasteiger partial charge in [0.05, 0.1) is 13.0 Å². The topological polar surface area (TPSA) is 67.4 Å². The van der Waals surface area contributed by atoms with Crippen LogP contribution in [0.3, 0.4) is 0 Å². The van der Waals surface area contributed by atoms with Crippen molar-refractivity contribution in [3.63, 3.8) is 0 Å². The van der Waals surface area contributed by atoms with Gasteiger partial charge >= 0.3 is 5.97 Å². The molecule has 0 aliphatic heterocycles. The van der Waals surface area contributed by atoms with Crippen molar-refractivity contribution in [3.8, 4) is 0 Å². The number of nitrogens with one attached hydrogen (secondary N) is 2. The molecule has 5 heteroatoms. The second-order valence-corrected chi connectivity index (χ2v) is 5.83. The molecule has 22 heavy (non-hydrogen) atoms. The molecule has 1 amide bonds. The third kappa shape index (κ3) is 4.84. The number of anilines is 1. The lowest BCUT2D eigenvalue weighted by Gasteiger charge is -2.27. The smallest absolute Gasteiger partial charge is 0.308 e. The number of esters is 1. The van der Waals surface area contributed by atoms with E-state index in [0.29, 0.717) is 6.04 Å². The SMILES string of the molecule is COC(=O)C1CCC(NCc2ccc(NC(C)=O)cc2)CC1. The first-order valence-electron chi connectivity index (χ1n) is 7.76. The number of benzene rings is 1. The first kappa shape index (κ1) is 16.5. The highest BCUT2D eigenvalue weighted by atomic mass is 16.5. The van der Waals surface area contributed by atoms with E-state index in [1.165, 1.54) is 19.6 Å². The van der Waals surface area contributed by atoms with Gasteiger partial charge in [0.2, 0.25) is 5.91 Å². The summed E-state index contributed by atoms with van der Waals surface area (Å²) in [5.74, 6) is -0.0692. The monoisotopic (exact) mass is 304 g/mol. The lowest BCUT2D eigenvalue weighted by molar-refractivity contribution is -0.146. The van der Waals surface area contributed by atoms with E-state index >= 15 is 0 Å². The molecule has 1 aromatic carbocycles. The first-order chi connectivity index (χ1) is 10.6. The van der Waals surface area contributed by atoms with Gasteiger partial charge in [0.15, 0.2) is 0 Å². The third-order valence-electron chi connectivity index (χ3n) is 4.13. The highest BCUT2D eigenvalue weighted by Crippen LogP contribution is 2.25. The Bertz CT molecular complexity index is 505. The number of ether oxygens (including phenoxy) is 1. The minimum atomic E-state index is -0.0768. The number of hydrogen-bond acceptors (Lipinski definition) is 4. The molecule has 0 unspecified atom stereocenters. The zero-order chi connectivity index (χ0) is 15.9. The molecule has 0 bridgehead atoms. The lowest BCUT2D eigenvalue weighted by atomic mass is 9.86. The summed E-state index contributed by atoms with van der Waals surface area (Å²) >= 11 is 0. The van der Waals surface area contributed by atoms with Gasteiger partial charge in [-0.2, -0.15) is 0 Å². The summed E-state index contributed by atoms with van der Waals surface area (Å²) in [6, 6.07) is 8.30. The standard InChI is InChI=1S/C17H24N2O3/c1-12(20)19-16-7-3-13(4-8-16)11-18-15-9-5-14(6-10-15)17(21)22-2/h3-4,7-8,14-15,18H,5-6,9-11H2,1-2H3,(H,19,20). The number of methoxy groups -OCH3 is 1. The van der Waals surface area contributed by atoms with Crippen molar-refractivity contribution in [2.45, 2.75) is 45.2 Å². The number of hydrogen-bond donors (Lipinski definition) is 2. The number of amides is 1. The molecule has 120 valence electrons. The van der Waals surface area contributed by atoms with E-state index in [1.54, 1.807) is 0 Å². The van der Waals surface area contributed by atoms with Crippen LogP contribution in [0.4, 0.5) is 5.69 Å². The Morgan fingerprint density at radius 2 is 1.77 bits per heavy atom. The van der Waals surface area contributed by atoms with Crippen LogP contribution in [0.25, 0.3) is 0 Å². The molecular weight excluding hydrogens is 280 g/mol. The van der Waals surface area contributed by atoms with Gasteiger partial charge in [-0.3, -0.25) is 9.59 Å². The third-order valence-corrected chi connectivity index (χ3v) is 4.13. The molecular formula is C17H24N2O3. The Kier molecular flexibility index (Phi) is 5.95. The summed E-state index contributed by atoms with van der Waals surface area (Å²) in [5, 5.41) is 6.29. The maximum atomic E-state index is 11.5. The van der Waals surface area contributed by atoms with Crippen molar-refractivity contribution < 1.29 is 14.3 Å². The average Bonchev–Trinajstić information content (AvgIpc) is 2.53. The largest absolute Gasteiger partial charge is 0.469 e. The molecule has 0 aromatic heterocycles. The highest BCUT2D eigenvalue weighted by Gasteiger charge is 2.26. The summed E-state index contributed by atoms with van der Waals surface area (Å²) in [4.78, 5) is 22.5. The average molecular weight is 304 g/mol. The molecule has 1 saturated carbocycles. The Labute approximate surface area is 131 Å². The van der Waals surface area contributed by atoms with Gasteiger partial charge in [0.25, 0.3) is 0 Å². The van der Waals surface area contributed by atoms with Crippen LogP contribution in [-0.2, 0) is 20.9 Å². The zero-order valence-electron chi connectivity index (χ0n) is 13.2. The molecule has 1 aromatic rings. The van der Waals surface area contributed by atoms with E-state index in [9.17, 15) is 9.59 Å². The Hall–Kier alpha value is -1.88. The fraction of sp³-hybridized carbons (Fsp3) is 0.529. The molecule has 1 aliphatic rings. The van der Waals surface area contributed by atoms with Crippen LogP contribution in [0.2, 0.25) is 0 Å². The van der Waals surface area contributed by atoms with Crippen LogP contribution in [0.15, 0.2) is 24.3 Å². The summed E-state index contributed by atoms with van der Waals surface area (Å²) < 4.78 is 4.80. The van der Waals surface area contributed by atoms with E-state index in [0.717, 1.165) is 37.9 Å². The molecule has 1 aliphatic carbocycles. The molecule has 5 nitrogen and oxygen atoms in total. The molecule has 0 saturated heterocycles. The van der Waals surface area contributed by atoms with Crippen LogP contribution in [0, 0.1) is 5.92 Å². The quantitative estimate of drug-likeness (QED) is 0.820. The number of carbonyl (C=O) groups excluding carboxylic acids is 2. The Morgan fingerprint density at radius 1 is 1.14 bits per heavy atom. The number of rotatable bonds is 5. The fourth-order valence-corrected chi connectivity index (χ4v) is 2.87. The molecule has 0 spiro atoms. The molecule has 1 fully saturated rings. The minimum absolute atomic E-state index is 0.0618. The van der Waals surface area contributed by atoms with Crippen molar-refractivity contribution in [1.29, 1.82) is 0 Å². The first-order valence-corrected chi connectivity index (χ1v) is 7.76. The highest BCUT2D eigenvalue weighted by molar-refractivity contribution is 5.88.